The van der Waals surface area contributed by atoms with Crippen LogP contribution in [-0.2, 0) is 0 Å². The fourth-order valence-corrected chi connectivity index (χ4v) is 1.09. The van der Waals surface area contributed by atoms with Gasteiger partial charge in [-0.15, -0.1) is 6.58 Å². The first-order chi connectivity index (χ1) is 6.41. The fraction of sp³-hybridized carbons (Fsp3) is 0.538. The van der Waals surface area contributed by atoms with Crippen molar-refractivity contribution >= 4 is 0 Å². The third kappa shape index (κ3) is 11.2. The van der Waals surface area contributed by atoms with Crippen molar-refractivity contribution < 1.29 is 0 Å². The second kappa shape index (κ2) is 11.2. The topological polar surface area (TPSA) is 0 Å². The molecular weight excluding hydrogens is 156 g/mol. The highest BCUT2D eigenvalue weighted by molar-refractivity contribution is 4.95. The summed E-state index contributed by atoms with van der Waals surface area (Å²) in [4.78, 5) is 0. The number of hydrogen-bond acceptors (Lipinski definition) is 0. The molecule has 0 unspecified atom stereocenters. The Kier molecular flexibility index (Phi) is 10.5. The van der Waals surface area contributed by atoms with Crippen LogP contribution >= 0.6 is 0 Å². The Hall–Kier alpha value is -0.780. The van der Waals surface area contributed by atoms with Gasteiger partial charge in [-0.1, -0.05) is 50.1 Å². The van der Waals surface area contributed by atoms with E-state index in [9.17, 15) is 0 Å². The first kappa shape index (κ1) is 12.2. The molecule has 0 aliphatic rings. The van der Waals surface area contributed by atoms with Gasteiger partial charge in [-0.3, -0.25) is 0 Å². The highest BCUT2D eigenvalue weighted by Crippen LogP contribution is 2.00. The summed E-state index contributed by atoms with van der Waals surface area (Å²) in [6, 6.07) is 0. The lowest BCUT2D eigenvalue weighted by atomic mass is 10.2. The minimum absolute atomic E-state index is 0.990. The van der Waals surface area contributed by atoms with Crippen LogP contribution in [0.15, 0.2) is 37.0 Å². The summed E-state index contributed by atoms with van der Waals surface area (Å²) < 4.78 is 0. The zero-order valence-electron chi connectivity index (χ0n) is 8.84. The van der Waals surface area contributed by atoms with Crippen molar-refractivity contribution in [2.75, 3.05) is 0 Å². The summed E-state index contributed by atoms with van der Waals surface area (Å²) in [5.41, 5.74) is 0. The molecule has 0 heterocycles. The minimum atomic E-state index is 0.990. The van der Waals surface area contributed by atoms with E-state index >= 15 is 0 Å². The molecule has 0 saturated heterocycles. The molecule has 0 fully saturated rings. The zero-order valence-corrected chi connectivity index (χ0v) is 8.84. The van der Waals surface area contributed by atoms with Gasteiger partial charge in [0, 0.05) is 0 Å². The lowest BCUT2D eigenvalue weighted by Crippen LogP contribution is -1.70. The Labute approximate surface area is 83.0 Å². The fourth-order valence-electron chi connectivity index (χ4n) is 1.09. The van der Waals surface area contributed by atoms with Crippen molar-refractivity contribution in [3.63, 3.8) is 0 Å². The van der Waals surface area contributed by atoms with E-state index in [4.69, 9.17) is 0 Å². The summed E-state index contributed by atoms with van der Waals surface area (Å²) in [7, 11) is 0. The molecule has 0 nitrogen and oxygen atoms in total. The van der Waals surface area contributed by atoms with E-state index in [0.29, 0.717) is 0 Å². The molecule has 0 saturated carbocycles. The van der Waals surface area contributed by atoms with Crippen molar-refractivity contribution in [1.82, 2.24) is 0 Å². The van der Waals surface area contributed by atoms with Gasteiger partial charge in [0.05, 0.1) is 0 Å². The minimum Gasteiger partial charge on any atom is -0.103 e. The van der Waals surface area contributed by atoms with Crippen LogP contribution in [0.25, 0.3) is 0 Å². The Morgan fingerprint density at radius 2 is 1.62 bits per heavy atom. The maximum Gasteiger partial charge on any atom is -0.0169 e. The second-order valence-corrected chi connectivity index (χ2v) is 3.20. The second-order valence-electron chi connectivity index (χ2n) is 3.20. The molecular formula is C13H22. The summed E-state index contributed by atoms with van der Waals surface area (Å²) in [6.07, 6.45) is 18.1. The van der Waals surface area contributed by atoms with Crippen LogP contribution in [0.2, 0.25) is 0 Å². The van der Waals surface area contributed by atoms with Gasteiger partial charge in [-0.2, -0.15) is 0 Å². The molecule has 0 atom stereocenters. The van der Waals surface area contributed by atoms with E-state index in [1.165, 1.54) is 25.7 Å². The van der Waals surface area contributed by atoms with E-state index in [0.717, 1.165) is 12.8 Å². The van der Waals surface area contributed by atoms with Crippen molar-refractivity contribution in [3.05, 3.63) is 37.0 Å². The lowest BCUT2D eigenvalue weighted by Gasteiger charge is -1.90. The molecule has 0 rings (SSSR count). The van der Waals surface area contributed by atoms with Gasteiger partial charge < -0.3 is 0 Å². The molecule has 0 N–H and O–H groups in total. The van der Waals surface area contributed by atoms with Crippen molar-refractivity contribution in [2.24, 2.45) is 0 Å². The van der Waals surface area contributed by atoms with Crippen LogP contribution in [0.4, 0.5) is 0 Å². The highest BCUT2D eigenvalue weighted by Gasteiger charge is 1.80. The van der Waals surface area contributed by atoms with Gasteiger partial charge in [0.1, 0.15) is 0 Å². The van der Waals surface area contributed by atoms with Gasteiger partial charge >= 0.3 is 0 Å². The van der Waals surface area contributed by atoms with E-state index in [1.54, 1.807) is 0 Å². The van der Waals surface area contributed by atoms with Crippen molar-refractivity contribution in [2.45, 2.75) is 45.4 Å². The Morgan fingerprint density at radius 1 is 0.923 bits per heavy atom. The molecule has 0 spiro atoms. The van der Waals surface area contributed by atoms with E-state index in [1.807, 2.05) is 6.08 Å². The summed E-state index contributed by atoms with van der Waals surface area (Å²) in [6.45, 7) is 5.90. The molecule has 0 aromatic heterocycles. The highest BCUT2D eigenvalue weighted by atomic mass is 13.9. The first-order valence-electron chi connectivity index (χ1n) is 5.32. The standard InChI is InChI=1S/C13H22/c1-3-5-7-9-11-13-12-10-8-6-4-2/h3,7,9,12-13H,1,4-6,8,10-11H2,2H3/b9-7+,13-12+. The van der Waals surface area contributed by atoms with Gasteiger partial charge in [0.25, 0.3) is 0 Å². The average Bonchev–Trinajstić information content (AvgIpc) is 2.16. The van der Waals surface area contributed by atoms with Crippen molar-refractivity contribution in [1.29, 1.82) is 0 Å². The number of allylic oxidation sites excluding steroid dienone is 5. The molecule has 0 radical (unpaired) electrons. The van der Waals surface area contributed by atoms with Gasteiger partial charge in [0.15, 0.2) is 0 Å². The summed E-state index contributed by atoms with van der Waals surface area (Å²) in [5.74, 6) is 0. The lowest BCUT2D eigenvalue weighted by molar-refractivity contribution is 0.728. The SMILES string of the molecule is C=CC/C=C/C/C=C/CCCCC. The van der Waals surface area contributed by atoms with Crippen LogP contribution in [0, 0.1) is 0 Å². The van der Waals surface area contributed by atoms with Crippen LogP contribution in [-0.4, -0.2) is 0 Å². The summed E-state index contributed by atoms with van der Waals surface area (Å²) in [5, 5.41) is 0. The summed E-state index contributed by atoms with van der Waals surface area (Å²) >= 11 is 0. The Morgan fingerprint density at radius 3 is 2.31 bits per heavy atom. The van der Waals surface area contributed by atoms with Crippen LogP contribution in [0.1, 0.15) is 45.4 Å². The predicted octanol–water partition coefficient (Wildman–Crippen LogP) is 4.65. The Balaban J connectivity index is 3.16. The van der Waals surface area contributed by atoms with Crippen molar-refractivity contribution in [3.8, 4) is 0 Å². The number of rotatable bonds is 8. The maximum absolute atomic E-state index is 3.66. The van der Waals surface area contributed by atoms with Gasteiger partial charge in [-0.25, -0.2) is 0 Å². The molecule has 0 heteroatoms. The van der Waals surface area contributed by atoms with Crippen LogP contribution in [0.5, 0.6) is 0 Å². The smallest absolute Gasteiger partial charge is 0.0169 e. The average molecular weight is 178 g/mol. The van der Waals surface area contributed by atoms with Crippen LogP contribution < -0.4 is 0 Å². The Bertz CT molecular complexity index is 151. The monoisotopic (exact) mass is 178 g/mol. The maximum atomic E-state index is 3.66. The molecule has 0 aliphatic heterocycles. The first-order valence-corrected chi connectivity index (χ1v) is 5.32. The van der Waals surface area contributed by atoms with Gasteiger partial charge in [-0.05, 0) is 25.7 Å². The molecule has 13 heavy (non-hydrogen) atoms. The number of hydrogen-bond donors (Lipinski definition) is 0. The third-order valence-corrected chi connectivity index (χ3v) is 1.88. The predicted molar refractivity (Wildman–Crippen MR) is 61.9 cm³/mol. The van der Waals surface area contributed by atoms with E-state index < -0.39 is 0 Å². The molecule has 0 bridgehead atoms. The largest absolute Gasteiger partial charge is 0.103 e. The molecule has 0 aromatic rings. The number of unbranched alkanes of at least 4 members (excludes halogenated alkanes) is 3. The zero-order chi connectivity index (χ0) is 9.78. The van der Waals surface area contributed by atoms with Gasteiger partial charge in [0.2, 0.25) is 0 Å². The quantitative estimate of drug-likeness (QED) is 0.375. The molecule has 0 aromatic carbocycles. The van der Waals surface area contributed by atoms with E-state index in [-0.39, 0.29) is 0 Å². The molecule has 74 valence electrons. The normalized spacial score (nSPS) is 11.5. The van der Waals surface area contributed by atoms with Crippen LogP contribution in [0.3, 0.4) is 0 Å². The third-order valence-electron chi connectivity index (χ3n) is 1.88. The van der Waals surface area contributed by atoms with E-state index in [2.05, 4.69) is 37.8 Å². The molecule has 0 amide bonds. The molecule has 0 aliphatic carbocycles.